The third-order valence-electron chi connectivity index (χ3n) is 6.20. The molecule has 0 nitrogen and oxygen atoms in total. The minimum atomic E-state index is -0.479. The van der Waals surface area contributed by atoms with Crippen LogP contribution in [0.5, 0.6) is 0 Å². The third-order valence-corrected chi connectivity index (χ3v) is 6.20. The average Bonchev–Trinajstić information content (AvgIpc) is 3.16. The van der Waals surface area contributed by atoms with Gasteiger partial charge in [-0.05, 0) is 5.56 Å². The van der Waals surface area contributed by atoms with E-state index in [2.05, 4.69) is 91.0 Å². The van der Waals surface area contributed by atoms with E-state index in [1.165, 1.54) is 22.3 Å². The Labute approximate surface area is 235 Å². The first-order chi connectivity index (χ1) is 15.4. The molecule has 0 fully saturated rings. The van der Waals surface area contributed by atoms with E-state index >= 15 is 0 Å². The summed E-state index contributed by atoms with van der Waals surface area (Å²) in [7, 11) is 0. The fourth-order valence-corrected chi connectivity index (χ4v) is 4.91. The zero-order valence-corrected chi connectivity index (χ0v) is 23.6. The molecule has 0 amide bonds. The third kappa shape index (κ3) is 3.83. The molecule has 0 saturated carbocycles. The molecule has 1 radical (unpaired) electrons. The van der Waals surface area contributed by atoms with Crippen LogP contribution in [0.3, 0.4) is 0 Å². The summed E-state index contributed by atoms with van der Waals surface area (Å²) in [6.07, 6.45) is 0. The van der Waals surface area contributed by atoms with Gasteiger partial charge in [-0.2, -0.15) is 97.1 Å². The molecular formula is C31H18WY-2. The van der Waals surface area contributed by atoms with Crippen molar-refractivity contribution in [1.29, 1.82) is 0 Å². The van der Waals surface area contributed by atoms with Gasteiger partial charge >= 0.3 is 21.1 Å². The molecule has 153 valence electrons. The van der Waals surface area contributed by atoms with Crippen LogP contribution in [0.1, 0.15) is 22.3 Å². The normalized spacial score (nSPS) is 12.6. The number of rotatable bonds is 3. The molecule has 0 N–H and O–H groups in total. The summed E-state index contributed by atoms with van der Waals surface area (Å²) < 4.78 is 0. The van der Waals surface area contributed by atoms with Crippen molar-refractivity contribution in [2.45, 2.75) is 5.41 Å². The fourth-order valence-electron chi connectivity index (χ4n) is 4.91. The van der Waals surface area contributed by atoms with Crippen molar-refractivity contribution >= 4 is 0 Å². The quantitative estimate of drug-likeness (QED) is 0.181. The van der Waals surface area contributed by atoms with E-state index in [1.54, 1.807) is 0 Å². The molecule has 0 aromatic heterocycles. The molecule has 0 aliphatic heterocycles. The first-order valence-corrected chi connectivity index (χ1v) is 10.5. The molecule has 5 aromatic carbocycles. The second-order valence-corrected chi connectivity index (χ2v) is 7.80. The van der Waals surface area contributed by atoms with Gasteiger partial charge in [0.15, 0.2) is 0 Å². The van der Waals surface area contributed by atoms with Crippen LogP contribution in [0.15, 0.2) is 109 Å². The second kappa shape index (κ2) is 10.0. The Balaban J connectivity index is 0.00000130. The van der Waals surface area contributed by atoms with Crippen LogP contribution < -0.4 is 0 Å². The van der Waals surface area contributed by atoms with Gasteiger partial charge in [-0.3, -0.25) is 0 Å². The second-order valence-electron chi connectivity index (χ2n) is 7.80. The van der Waals surface area contributed by atoms with Crippen molar-refractivity contribution < 1.29 is 53.8 Å². The summed E-state index contributed by atoms with van der Waals surface area (Å²) in [4.78, 5) is 0. The topological polar surface area (TPSA) is 0 Å². The summed E-state index contributed by atoms with van der Waals surface area (Å²) >= 11 is 0. The molecule has 0 bridgehead atoms. The predicted octanol–water partition coefficient (Wildman–Crippen LogP) is 6.91. The Morgan fingerprint density at radius 2 is 1.12 bits per heavy atom. The van der Waals surface area contributed by atoms with E-state index in [4.69, 9.17) is 0 Å². The van der Waals surface area contributed by atoms with Gasteiger partial charge in [-0.25, -0.2) is 11.1 Å². The van der Waals surface area contributed by atoms with E-state index in [-0.39, 0.29) is 53.8 Å². The van der Waals surface area contributed by atoms with Crippen molar-refractivity contribution in [3.05, 3.63) is 156 Å². The van der Waals surface area contributed by atoms with Crippen LogP contribution in [0, 0.1) is 24.3 Å². The molecule has 0 heterocycles. The van der Waals surface area contributed by atoms with E-state index < -0.39 is 5.41 Å². The number of hydrogen-bond donors (Lipinski definition) is 0. The summed E-state index contributed by atoms with van der Waals surface area (Å²) in [5.74, 6) is 0. The van der Waals surface area contributed by atoms with Crippen LogP contribution in [0.4, 0.5) is 0 Å². The largest absolute Gasteiger partial charge is 2.00 e. The molecule has 33 heavy (non-hydrogen) atoms. The van der Waals surface area contributed by atoms with Crippen molar-refractivity contribution in [1.82, 2.24) is 0 Å². The van der Waals surface area contributed by atoms with Gasteiger partial charge in [-0.15, -0.1) is 28.8 Å². The minimum Gasteiger partial charge on any atom is -0.226 e. The minimum absolute atomic E-state index is 0. The van der Waals surface area contributed by atoms with Gasteiger partial charge in [0.05, 0.1) is 0 Å². The zero-order valence-electron chi connectivity index (χ0n) is 17.9. The van der Waals surface area contributed by atoms with Gasteiger partial charge in [0, 0.05) is 38.1 Å². The summed E-state index contributed by atoms with van der Waals surface area (Å²) in [6.45, 7) is 0. The van der Waals surface area contributed by atoms with E-state index in [1.807, 2.05) is 42.5 Å². The number of hydrogen-bond acceptors (Lipinski definition) is 0. The van der Waals surface area contributed by atoms with Crippen molar-refractivity contribution in [3.8, 4) is 22.3 Å². The average molecular weight is 663 g/mol. The van der Waals surface area contributed by atoms with Crippen LogP contribution >= 0.6 is 0 Å². The van der Waals surface area contributed by atoms with Gasteiger partial charge in [0.25, 0.3) is 0 Å². The smallest absolute Gasteiger partial charge is 0.226 e. The molecule has 0 atom stereocenters. The van der Waals surface area contributed by atoms with Gasteiger partial charge in [0.2, 0.25) is 0 Å². The Bertz CT molecular complexity index is 1320. The molecule has 0 spiro atoms. The molecule has 5 aromatic rings. The van der Waals surface area contributed by atoms with Gasteiger partial charge in [-0.1, -0.05) is 35.4 Å². The van der Waals surface area contributed by atoms with E-state index in [0.29, 0.717) is 0 Å². The molecule has 1 aliphatic rings. The van der Waals surface area contributed by atoms with Crippen LogP contribution in [0.2, 0.25) is 0 Å². The number of fused-ring (bicyclic) bond motifs is 3. The molecule has 6 rings (SSSR count). The van der Waals surface area contributed by atoms with Crippen molar-refractivity contribution in [2.24, 2.45) is 0 Å². The molecule has 2 heteroatoms. The van der Waals surface area contributed by atoms with Crippen LogP contribution in [0.25, 0.3) is 22.3 Å². The van der Waals surface area contributed by atoms with E-state index in [0.717, 1.165) is 22.3 Å². The van der Waals surface area contributed by atoms with Crippen LogP contribution in [-0.2, 0) is 59.2 Å². The zero-order chi connectivity index (χ0) is 20.7. The van der Waals surface area contributed by atoms with Gasteiger partial charge < -0.3 is 0 Å². The number of benzene rings is 5. The fraction of sp³-hybridized carbons (Fsp3) is 0.0323. The molecule has 1 aliphatic carbocycles. The Kier molecular flexibility index (Phi) is 7.30. The summed E-state index contributed by atoms with van der Waals surface area (Å²) in [5.41, 5.74) is 8.81. The maximum absolute atomic E-state index is 3.55. The Hall–Kier alpha value is -2.11. The Morgan fingerprint density at radius 3 is 1.73 bits per heavy atom. The van der Waals surface area contributed by atoms with Crippen LogP contribution in [-0.4, -0.2) is 0 Å². The molecule has 0 saturated heterocycles. The van der Waals surface area contributed by atoms with Crippen molar-refractivity contribution in [2.75, 3.05) is 0 Å². The molecule has 0 unspecified atom stereocenters. The maximum Gasteiger partial charge on any atom is 2.00 e. The first kappa shape index (κ1) is 24.0. The Morgan fingerprint density at radius 1 is 0.515 bits per heavy atom. The maximum atomic E-state index is 3.55. The predicted molar refractivity (Wildman–Crippen MR) is 125 cm³/mol. The summed E-state index contributed by atoms with van der Waals surface area (Å²) in [6, 6.07) is 51.8. The standard InChI is InChI=1S/C31H18.W.Y/c1-4-12-23(13-5-1)24-20-21-28-27-18-10-11-19-29(27)31(30(28)22-24,25-14-6-2-7-15-25)26-16-8-3-9-17-26;;/h1-12,14,16,18-19,21-22H;;/q-4;+2;. The van der Waals surface area contributed by atoms with E-state index in [9.17, 15) is 0 Å². The summed E-state index contributed by atoms with van der Waals surface area (Å²) in [5, 5.41) is 0. The SMILES string of the molecule is [W+2].[Y].[c-]1ccccc1-c1[c-]cc2c(c1)C(c1[c-]cccc1)(c1[c-]cccc1)c1ccccc1-2. The monoisotopic (exact) mass is 663 g/mol. The van der Waals surface area contributed by atoms with Crippen molar-refractivity contribution in [3.63, 3.8) is 0 Å². The van der Waals surface area contributed by atoms with Gasteiger partial charge in [0.1, 0.15) is 0 Å². The first-order valence-electron chi connectivity index (χ1n) is 10.5. The molecular weight excluding hydrogens is 645 g/mol.